The topological polar surface area (TPSA) is 34.4 Å². The van der Waals surface area contributed by atoms with Crippen molar-refractivity contribution in [2.45, 2.75) is 6.54 Å². The van der Waals surface area contributed by atoms with E-state index in [0.29, 0.717) is 15.3 Å². The Morgan fingerprint density at radius 3 is 2.81 bits per heavy atom. The Morgan fingerprint density at radius 2 is 2.08 bits per heavy atom. The fraction of sp³-hybridized carbons (Fsp3) is 0.0526. The largest absolute Gasteiger partial charge is 0.310 e. The van der Waals surface area contributed by atoms with E-state index in [1.54, 1.807) is 36.4 Å². The molecule has 0 aliphatic heterocycles. The Labute approximate surface area is 157 Å². The summed E-state index contributed by atoms with van der Waals surface area (Å²) >= 11 is 7.07. The first-order valence-corrected chi connectivity index (χ1v) is 8.79. The van der Waals surface area contributed by atoms with Crippen molar-refractivity contribution < 1.29 is 13.6 Å². The first kappa shape index (κ1) is 18.2. The zero-order valence-corrected chi connectivity index (χ0v) is 15.0. The van der Waals surface area contributed by atoms with Crippen LogP contribution >= 0.6 is 22.9 Å². The van der Waals surface area contributed by atoms with Crippen molar-refractivity contribution in [1.82, 2.24) is 4.57 Å². The zero-order chi connectivity index (χ0) is 18.7. The number of thiazole rings is 1. The second-order valence-electron chi connectivity index (χ2n) is 5.32. The molecule has 0 saturated carbocycles. The van der Waals surface area contributed by atoms with Crippen LogP contribution in [-0.4, -0.2) is 10.5 Å². The lowest BCUT2D eigenvalue weighted by Gasteiger charge is -2.01. The number of amides is 1. The number of carbonyl (C=O) groups is 1. The molecular formula is C19H13ClF2N2OS. The molecule has 0 aliphatic carbocycles. The molecule has 0 aliphatic rings. The predicted molar refractivity (Wildman–Crippen MR) is 101 cm³/mol. The summed E-state index contributed by atoms with van der Waals surface area (Å²) in [5.74, 6) is -1.92. The van der Waals surface area contributed by atoms with Gasteiger partial charge < -0.3 is 4.57 Å². The molecule has 1 heterocycles. The van der Waals surface area contributed by atoms with Crippen LogP contribution in [0, 0.1) is 11.6 Å². The lowest BCUT2D eigenvalue weighted by molar-refractivity contribution is -0.113. The predicted octanol–water partition coefficient (Wildman–Crippen LogP) is 4.96. The standard InChI is InChI=1S/C19H13ClF2N2OS/c1-2-9-24-18-15(22)10-13(21)11-16(18)26-19(24)23-17(25)8-7-12-5-3-4-6-14(12)20/h2-8,10-11H,1,9H2/b8-7+,23-19?. The van der Waals surface area contributed by atoms with E-state index >= 15 is 0 Å². The number of fused-ring (bicyclic) bond motifs is 1. The second kappa shape index (κ2) is 7.76. The molecule has 1 amide bonds. The highest BCUT2D eigenvalue weighted by atomic mass is 35.5. The van der Waals surface area contributed by atoms with Crippen LogP contribution in [0.2, 0.25) is 5.02 Å². The number of allylic oxidation sites excluding steroid dienone is 1. The van der Waals surface area contributed by atoms with Crippen LogP contribution in [0.15, 0.2) is 60.1 Å². The minimum atomic E-state index is -0.710. The normalized spacial score (nSPS) is 12.2. The maximum Gasteiger partial charge on any atom is 0.272 e. The highest BCUT2D eigenvalue weighted by Gasteiger charge is 2.12. The fourth-order valence-electron chi connectivity index (χ4n) is 2.42. The third-order valence-electron chi connectivity index (χ3n) is 3.52. The monoisotopic (exact) mass is 390 g/mol. The third kappa shape index (κ3) is 3.81. The average Bonchev–Trinajstić information content (AvgIpc) is 2.92. The quantitative estimate of drug-likeness (QED) is 0.458. The first-order valence-electron chi connectivity index (χ1n) is 7.60. The van der Waals surface area contributed by atoms with Crippen LogP contribution in [0.1, 0.15) is 5.56 Å². The minimum absolute atomic E-state index is 0.193. The first-order chi connectivity index (χ1) is 12.5. The van der Waals surface area contributed by atoms with E-state index in [1.807, 2.05) is 0 Å². The number of benzene rings is 2. The molecule has 3 rings (SSSR count). The lowest BCUT2D eigenvalue weighted by atomic mass is 10.2. The molecule has 0 unspecified atom stereocenters. The van der Waals surface area contributed by atoms with Gasteiger partial charge in [-0.1, -0.05) is 47.2 Å². The van der Waals surface area contributed by atoms with Crippen LogP contribution in [0.5, 0.6) is 0 Å². The van der Waals surface area contributed by atoms with Crippen molar-refractivity contribution in [2.24, 2.45) is 4.99 Å². The van der Waals surface area contributed by atoms with Gasteiger partial charge in [0.15, 0.2) is 10.6 Å². The smallest absolute Gasteiger partial charge is 0.272 e. The van der Waals surface area contributed by atoms with E-state index < -0.39 is 17.5 Å². The number of nitrogens with zero attached hydrogens (tertiary/aromatic N) is 2. The maximum atomic E-state index is 14.2. The van der Waals surface area contributed by atoms with E-state index in [9.17, 15) is 13.6 Å². The number of hydrogen-bond donors (Lipinski definition) is 0. The molecule has 132 valence electrons. The molecule has 0 atom stereocenters. The zero-order valence-electron chi connectivity index (χ0n) is 13.5. The summed E-state index contributed by atoms with van der Waals surface area (Å²) in [6, 6.07) is 9.08. The highest BCUT2D eigenvalue weighted by Crippen LogP contribution is 2.22. The van der Waals surface area contributed by atoms with Gasteiger partial charge in [-0.25, -0.2) is 8.78 Å². The van der Waals surface area contributed by atoms with Crippen LogP contribution < -0.4 is 4.80 Å². The number of carbonyl (C=O) groups excluding carboxylic acids is 1. The summed E-state index contributed by atoms with van der Waals surface area (Å²) in [5.41, 5.74) is 0.874. The van der Waals surface area contributed by atoms with Gasteiger partial charge >= 0.3 is 0 Å². The Kier molecular flexibility index (Phi) is 5.44. The lowest BCUT2D eigenvalue weighted by Crippen LogP contribution is -2.16. The Balaban J connectivity index is 2.05. The molecule has 1 aromatic heterocycles. The summed E-state index contributed by atoms with van der Waals surface area (Å²) in [4.78, 5) is 16.5. The molecule has 2 aromatic carbocycles. The van der Waals surface area contributed by atoms with E-state index in [-0.39, 0.29) is 16.9 Å². The number of halogens is 3. The number of hydrogen-bond acceptors (Lipinski definition) is 2. The summed E-state index contributed by atoms with van der Waals surface area (Å²) in [5, 5.41) is 0.512. The van der Waals surface area contributed by atoms with Crippen molar-refractivity contribution in [3.63, 3.8) is 0 Å². The molecule has 7 heteroatoms. The SMILES string of the molecule is C=CCn1c(=NC(=O)/C=C/c2ccccc2Cl)sc2cc(F)cc(F)c21. The third-order valence-corrected chi connectivity index (χ3v) is 4.89. The number of rotatable bonds is 4. The highest BCUT2D eigenvalue weighted by molar-refractivity contribution is 7.16. The van der Waals surface area contributed by atoms with Gasteiger partial charge in [-0.05, 0) is 23.8 Å². The molecule has 0 bridgehead atoms. The summed E-state index contributed by atoms with van der Waals surface area (Å²) in [6.07, 6.45) is 4.39. The van der Waals surface area contributed by atoms with Crippen molar-refractivity contribution >= 4 is 45.1 Å². The molecule has 3 aromatic rings. The van der Waals surface area contributed by atoms with E-state index in [4.69, 9.17) is 11.6 Å². The molecule has 0 spiro atoms. The van der Waals surface area contributed by atoms with Gasteiger partial charge in [0.2, 0.25) is 0 Å². The molecule has 0 saturated heterocycles. The van der Waals surface area contributed by atoms with Crippen LogP contribution in [-0.2, 0) is 11.3 Å². The number of aromatic nitrogens is 1. The Bertz CT molecular complexity index is 1100. The average molecular weight is 391 g/mol. The van der Waals surface area contributed by atoms with Crippen molar-refractivity contribution in [1.29, 1.82) is 0 Å². The van der Waals surface area contributed by atoms with Crippen LogP contribution in [0.25, 0.3) is 16.3 Å². The van der Waals surface area contributed by atoms with Gasteiger partial charge in [-0.15, -0.1) is 6.58 Å². The van der Waals surface area contributed by atoms with Gasteiger partial charge in [-0.2, -0.15) is 4.99 Å². The summed E-state index contributed by atoms with van der Waals surface area (Å²) < 4.78 is 29.5. The van der Waals surface area contributed by atoms with Crippen molar-refractivity contribution in [2.75, 3.05) is 0 Å². The van der Waals surface area contributed by atoms with E-state index in [0.717, 1.165) is 17.4 Å². The molecule has 0 N–H and O–H groups in total. The van der Waals surface area contributed by atoms with Gasteiger partial charge in [0.1, 0.15) is 5.82 Å². The molecule has 0 fully saturated rings. The van der Waals surface area contributed by atoms with Crippen molar-refractivity contribution in [3.8, 4) is 0 Å². The van der Waals surface area contributed by atoms with E-state index in [1.165, 1.54) is 16.7 Å². The summed E-state index contributed by atoms with van der Waals surface area (Å²) in [7, 11) is 0. The van der Waals surface area contributed by atoms with Crippen LogP contribution in [0.4, 0.5) is 8.78 Å². The van der Waals surface area contributed by atoms with Gasteiger partial charge in [-0.3, -0.25) is 4.79 Å². The summed E-state index contributed by atoms with van der Waals surface area (Å²) in [6.45, 7) is 3.87. The minimum Gasteiger partial charge on any atom is -0.310 e. The second-order valence-corrected chi connectivity index (χ2v) is 6.74. The Hall–Kier alpha value is -2.57. The van der Waals surface area contributed by atoms with Gasteiger partial charge in [0.05, 0.1) is 10.2 Å². The van der Waals surface area contributed by atoms with E-state index in [2.05, 4.69) is 11.6 Å². The van der Waals surface area contributed by atoms with Crippen molar-refractivity contribution in [3.05, 3.63) is 82.2 Å². The van der Waals surface area contributed by atoms with Gasteiger partial charge in [0.25, 0.3) is 5.91 Å². The van der Waals surface area contributed by atoms with Gasteiger partial charge in [0, 0.05) is 23.7 Å². The fourth-order valence-corrected chi connectivity index (χ4v) is 3.70. The Morgan fingerprint density at radius 1 is 1.31 bits per heavy atom. The van der Waals surface area contributed by atoms with Crippen LogP contribution in [0.3, 0.4) is 0 Å². The molecule has 26 heavy (non-hydrogen) atoms. The molecule has 3 nitrogen and oxygen atoms in total. The molecular weight excluding hydrogens is 378 g/mol. The maximum absolute atomic E-state index is 14.2. The molecule has 0 radical (unpaired) electrons.